The van der Waals surface area contributed by atoms with Crippen LogP contribution in [0.25, 0.3) is 0 Å². The Balaban J connectivity index is 2.12. The van der Waals surface area contributed by atoms with Crippen LogP contribution in [0.5, 0.6) is 0 Å². The molecule has 16 heavy (non-hydrogen) atoms. The van der Waals surface area contributed by atoms with Gasteiger partial charge in [-0.15, -0.1) is 0 Å². The second-order valence-corrected chi connectivity index (χ2v) is 5.52. The Hall–Kier alpha value is -0.450. The predicted molar refractivity (Wildman–Crippen MR) is 55.7 cm³/mol. The first-order valence-corrected chi connectivity index (χ1v) is 5.98. The normalized spacial score (nSPS) is 55.4. The Morgan fingerprint density at radius 3 is 3.00 bits per heavy atom. The highest BCUT2D eigenvalue weighted by atomic mass is 16.7. The maximum atomic E-state index is 12.2. The molecular formula is C12H18O4. The minimum Gasteiger partial charge on any atom is -0.393 e. The molecule has 4 heteroatoms. The Labute approximate surface area is 94.9 Å². The van der Waals surface area contributed by atoms with Gasteiger partial charge >= 0.3 is 0 Å². The van der Waals surface area contributed by atoms with Crippen molar-refractivity contribution >= 4 is 5.78 Å². The van der Waals surface area contributed by atoms with E-state index < -0.39 is 17.3 Å². The summed E-state index contributed by atoms with van der Waals surface area (Å²) in [5.74, 6) is -0.879. The molecule has 0 aromatic rings. The van der Waals surface area contributed by atoms with E-state index in [2.05, 4.69) is 0 Å². The molecule has 5 atom stereocenters. The summed E-state index contributed by atoms with van der Waals surface area (Å²) in [5.41, 5.74) is -0.565. The molecule has 3 unspecified atom stereocenters. The van der Waals surface area contributed by atoms with Gasteiger partial charge in [-0.25, -0.2) is 0 Å². The standard InChI is InChI=1S/C12H18O4/c1-11-4-3-7-5-9(13)8(6-10(11)14)12(11,15-2)16-7/h7-9,13H,3-6H2,1-2H3/t7?,8-,9-,11?,12?/m1/s1. The fraction of sp³-hybridized carbons (Fsp3) is 0.917. The zero-order valence-electron chi connectivity index (χ0n) is 9.73. The van der Waals surface area contributed by atoms with Crippen LogP contribution < -0.4 is 0 Å². The second kappa shape index (κ2) is 3.06. The van der Waals surface area contributed by atoms with Crippen molar-refractivity contribution in [3.63, 3.8) is 0 Å². The molecule has 2 aliphatic heterocycles. The Morgan fingerprint density at radius 1 is 1.56 bits per heavy atom. The number of carbonyl (C=O) groups excluding carboxylic acids is 1. The van der Waals surface area contributed by atoms with E-state index in [0.717, 1.165) is 12.8 Å². The van der Waals surface area contributed by atoms with Crippen LogP contribution in [-0.2, 0) is 14.3 Å². The number of ketones is 1. The van der Waals surface area contributed by atoms with Gasteiger partial charge in [0.1, 0.15) is 5.78 Å². The Morgan fingerprint density at radius 2 is 2.31 bits per heavy atom. The number of methoxy groups -OCH3 is 1. The third kappa shape index (κ3) is 0.985. The lowest BCUT2D eigenvalue weighted by Gasteiger charge is -2.54. The summed E-state index contributed by atoms with van der Waals surface area (Å²) in [4.78, 5) is 12.2. The van der Waals surface area contributed by atoms with Gasteiger partial charge in [0.05, 0.1) is 17.6 Å². The van der Waals surface area contributed by atoms with Crippen LogP contribution in [0.4, 0.5) is 0 Å². The number of Topliss-reactive ketones (excluding diaryl/α,β-unsaturated/α-hetero) is 1. The Kier molecular flexibility index (Phi) is 2.04. The number of fused-ring (bicyclic) bond motifs is 1. The predicted octanol–water partition coefficient (Wildman–Crippen LogP) is 0.868. The Bertz CT molecular complexity index is 342. The molecule has 2 saturated heterocycles. The van der Waals surface area contributed by atoms with E-state index in [-0.39, 0.29) is 17.8 Å². The van der Waals surface area contributed by atoms with Crippen LogP contribution in [0.15, 0.2) is 0 Å². The lowest BCUT2D eigenvalue weighted by molar-refractivity contribution is -0.360. The summed E-state index contributed by atoms with van der Waals surface area (Å²) < 4.78 is 11.6. The van der Waals surface area contributed by atoms with Crippen molar-refractivity contribution in [3.05, 3.63) is 0 Å². The first kappa shape index (κ1) is 10.7. The molecule has 1 aliphatic carbocycles. The first-order chi connectivity index (χ1) is 7.53. The smallest absolute Gasteiger partial charge is 0.186 e. The topological polar surface area (TPSA) is 55.8 Å². The fourth-order valence-corrected chi connectivity index (χ4v) is 3.86. The highest BCUT2D eigenvalue weighted by molar-refractivity contribution is 5.89. The number of hydrogen-bond donors (Lipinski definition) is 1. The summed E-state index contributed by atoms with van der Waals surface area (Å²) >= 11 is 0. The molecule has 1 N–H and O–H groups in total. The van der Waals surface area contributed by atoms with Crippen LogP contribution >= 0.6 is 0 Å². The van der Waals surface area contributed by atoms with Gasteiger partial charge in [0.15, 0.2) is 5.79 Å². The minimum atomic E-state index is -0.870. The molecule has 0 amide bonds. The van der Waals surface area contributed by atoms with Gasteiger partial charge in [-0.05, 0) is 19.8 Å². The van der Waals surface area contributed by atoms with Gasteiger partial charge in [0.2, 0.25) is 0 Å². The van der Waals surface area contributed by atoms with Crippen LogP contribution in [-0.4, -0.2) is 36.0 Å². The van der Waals surface area contributed by atoms with Gasteiger partial charge in [0, 0.05) is 25.9 Å². The zero-order chi connectivity index (χ0) is 11.6. The van der Waals surface area contributed by atoms with E-state index in [1.807, 2.05) is 6.92 Å². The summed E-state index contributed by atoms with van der Waals surface area (Å²) in [6.07, 6.45) is 2.26. The lowest BCUT2D eigenvalue weighted by atomic mass is 9.69. The van der Waals surface area contributed by atoms with Gasteiger partial charge < -0.3 is 14.6 Å². The van der Waals surface area contributed by atoms with Gasteiger partial charge in [0.25, 0.3) is 0 Å². The molecule has 2 heterocycles. The van der Waals surface area contributed by atoms with Crippen LogP contribution in [0.1, 0.15) is 32.6 Å². The summed E-state index contributed by atoms with van der Waals surface area (Å²) in [6, 6.07) is 0. The maximum Gasteiger partial charge on any atom is 0.186 e. The molecule has 4 nitrogen and oxygen atoms in total. The van der Waals surface area contributed by atoms with Crippen LogP contribution in [0, 0.1) is 11.3 Å². The van der Waals surface area contributed by atoms with Crippen molar-refractivity contribution in [2.45, 2.75) is 50.6 Å². The highest BCUT2D eigenvalue weighted by Gasteiger charge is 2.70. The molecule has 0 radical (unpaired) electrons. The molecule has 0 aromatic heterocycles. The fourth-order valence-electron chi connectivity index (χ4n) is 3.86. The average Bonchev–Trinajstić information content (AvgIpc) is 2.52. The molecular weight excluding hydrogens is 208 g/mol. The number of rotatable bonds is 1. The largest absolute Gasteiger partial charge is 0.393 e. The van der Waals surface area contributed by atoms with E-state index in [1.54, 1.807) is 7.11 Å². The quantitative estimate of drug-likeness (QED) is 0.720. The molecule has 90 valence electrons. The highest BCUT2D eigenvalue weighted by Crippen LogP contribution is 2.60. The van der Waals surface area contributed by atoms with E-state index in [9.17, 15) is 9.90 Å². The van der Waals surface area contributed by atoms with Crippen molar-refractivity contribution in [1.29, 1.82) is 0 Å². The van der Waals surface area contributed by atoms with Crippen molar-refractivity contribution in [3.8, 4) is 0 Å². The van der Waals surface area contributed by atoms with E-state index in [4.69, 9.17) is 9.47 Å². The average molecular weight is 226 g/mol. The SMILES string of the molecule is COC12OC3CCC1(C)C(=O)C[C@@H]2[C@H](O)C3. The van der Waals surface area contributed by atoms with Gasteiger partial charge in [-0.3, -0.25) is 4.79 Å². The van der Waals surface area contributed by atoms with Gasteiger partial charge in [-0.2, -0.15) is 0 Å². The van der Waals surface area contributed by atoms with E-state index >= 15 is 0 Å². The number of aliphatic hydroxyl groups is 1. The number of ether oxygens (including phenoxy) is 2. The number of aliphatic hydroxyl groups excluding tert-OH is 1. The molecule has 2 bridgehead atoms. The third-order valence-electron chi connectivity index (χ3n) is 4.86. The van der Waals surface area contributed by atoms with E-state index in [1.165, 1.54) is 0 Å². The third-order valence-corrected chi connectivity index (χ3v) is 4.86. The monoisotopic (exact) mass is 226 g/mol. The summed E-state index contributed by atoms with van der Waals surface area (Å²) in [7, 11) is 1.59. The molecule has 3 aliphatic rings. The zero-order valence-corrected chi connectivity index (χ0v) is 9.73. The number of hydrogen-bond acceptors (Lipinski definition) is 4. The van der Waals surface area contributed by atoms with Crippen LogP contribution in [0.3, 0.4) is 0 Å². The van der Waals surface area contributed by atoms with Gasteiger partial charge in [-0.1, -0.05) is 0 Å². The van der Waals surface area contributed by atoms with E-state index in [0.29, 0.717) is 12.8 Å². The number of carbonyl (C=O) groups is 1. The molecule has 3 fully saturated rings. The molecule has 3 rings (SSSR count). The molecule has 1 saturated carbocycles. The van der Waals surface area contributed by atoms with Crippen molar-refractivity contribution in [2.24, 2.45) is 11.3 Å². The van der Waals surface area contributed by atoms with Crippen molar-refractivity contribution in [1.82, 2.24) is 0 Å². The molecule has 0 spiro atoms. The second-order valence-electron chi connectivity index (χ2n) is 5.52. The molecule has 0 aromatic carbocycles. The minimum absolute atomic E-state index is 0.0465. The maximum absolute atomic E-state index is 12.2. The summed E-state index contributed by atoms with van der Waals surface area (Å²) in [6.45, 7) is 1.92. The first-order valence-electron chi connectivity index (χ1n) is 5.98. The van der Waals surface area contributed by atoms with Crippen molar-refractivity contribution in [2.75, 3.05) is 7.11 Å². The van der Waals surface area contributed by atoms with Crippen molar-refractivity contribution < 1.29 is 19.4 Å². The summed E-state index contributed by atoms with van der Waals surface area (Å²) in [5, 5.41) is 10.1. The lowest BCUT2D eigenvalue weighted by Crippen LogP contribution is -2.63. The van der Waals surface area contributed by atoms with Crippen LogP contribution in [0.2, 0.25) is 0 Å².